The van der Waals surface area contributed by atoms with Gasteiger partial charge in [-0.15, -0.1) is 10.2 Å². The highest BCUT2D eigenvalue weighted by Gasteiger charge is 2.26. The molecule has 2 aromatic rings. The van der Waals surface area contributed by atoms with E-state index in [-0.39, 0.29) is 17.6 Å². The molecule has 1 aliphatic rings. The first-order chi connectivity index (χ1) is 15.5. The van der Waals surface area contributed by atoms with E-state index >= 15 is 0 Å². The number of carbonyl (C=O) groups excluding carboxylic acids is 2. The third-order valence-electron chi connectivity index (χ3n) is 5.23. The molecule has 3 amide bonds. The number of ether oxygens (including phenoxy) is 1. The van der Waals surface area contributed by atoms with Crippen molar-refractivity contribution >= 4 is 23.7 Å². The highest BCUT2D eigenvalue weighted by molar-refractivity contribution is 7.99. The zero-order valence-corrected chi connectivity index (χ0v) is 19.2. The predicted octanol–water partition coefficient (Wildman–Crippen LogP) is 2.52. The number of methoxy groups -OCH3 is 1. The molecule has 9 nitrogen and oxygen atoms in total. The Morgan fingerprint density at radius 3 is 2.59 bits per heavy atom. The number of hydrogen-bond donors (Lipinski definition) is 2. The fraction of sp³-hybridized carbons (Fsp3) is 0.524. The Bertz CT molecular complexity index is 901. The van der Waals surface area contributed by atoms with Crippen LogP contribution in [0.15, 0.2) is 29.4 Å². The van der Waals surface area contributed by atoms with Gasteiger partial charge in [0.05, 0.1) is 18.4 Å². The number of amides is 3. The van der Waals surface area contributed by atoms with Crippen LogP contribution in [0.2, 0.25) is 0 Å². The van der Waals surface area contributed by atoms with Gasteiger partial charge in [0.15, 0.2) is 11.0 Å². The van der Waals surface area contributed by atoms with Crippen molar-refractivity contribution in [3.05, 3.63) is 35.9 Å². The standard InChI is InChI=1S/C21H29FN6O3S/c1-15(27-11-4-3-5-12-27)19-25-26-21(28(19)17-8-6-16(22)7-9-17)32-14-18(29)24-20(30)23-10-13-31-2/h6-9,15H,3-5,10-14H2,1-2H3,(H2,23,24,29,30). The average molecular weight is 465 g/mol. The number of halogens is 1. The molecule has 2 N–H and O–H groups in total. The minimum Gasteiger partial charge on any atom is -0.383 e. The maximum absolute atomic E-state index is 13.5. The SMILES string of the molecule is COCCNC(=O)NC(=O)CSc1nnc(C(C)N2CCCCC2)n1-c1ccc(F)cc1. The molecule has 32 heavy (non-hydrogen) atoms. The molecular weight excluding hydrogens is 435 g/mol. The van der Waals surface area contributed by atoms with E-state index in [4.69, 9.17) is 4.74 Å². The second-order valence-electron chi connectivity index (χ2n) is 7.51. The van der Waals surface area contributed by atoms with Crippen LogP contribution in [0.25, 0.3) is 5.69 Å². The summed E-state index contributed by atoms with van der Waals surface area (Å²) in [5.41, 5.74) is 0.718. The Labute approximate surface area is 191 Å². The van der Waals surface area contributed by atoms with Crippen LogP contribution < -0.4 is 10.6 Å². The number of urea groups is 1. The van der Waals surface area contributed by atoms with Gasteiger partial charge in [0.25, 0.3) is 0 Å². The number of piperidine rings is 1. The summed E-state index contributed by atoms with van der Waals surface area (Å²) in [7, 11) is 1.53. The summed E-state index contributed by atoms with van der Waals surface area (Å²) in [5, 5.41) is 14.0. The lowest BCUT2D eigenvalue weighted by atomic mass is 10.1. The van der Waals surface area contributed by atoms with E-state index in [1.54, 1.807) is 12.1 Å². The van der Waals surface area contributed by atoms with E-state index in [0.29, 0.717) is 18.3 Å². The lowest BCUT2D eigenvalue weighted by Gasteiger charge is -2.31. The number of nitrogens with one attached hydrogen (secondary N) is 2. The number of hydrogen-bond acceptors (Lipinski definition) is 7. The van der Waals surface area contributed by atoms with E-state index in [1.807, 2.05) is 4.57 Å². The van der Waals surface area contributed by atoms with Gasteiger partial charge in [-0.3, -0.25) is 19.6 Å². The quantitative estimate of drug-likeness (QED) is 0.434. The van der Waals surface area contributed by atoms with E-state index in [1.165, 1.54) is 37.4 Å². The number of rotatable bonds is 9. The fourth-order valence-electron chi connectivity index (χ4n) is 3.55. The molecule has 0 bridgehead atoms. The predicted molar refractivity (Wildman–Crippen MR) is 119 cm³/mol. The molecule has 1 saturated heterocycles. The molecule has 1 atom stereocenters. The molecule has 0 saturated carbocycles. The molecule has 1 fully saturated rings. The van der Waals surface area contributed by atoms with Gasteiger partial charge in [-0.1, -0.05) is 18.2 Å². The van der Waals surface area contributed by atoms with Crippen molar-refractivity contribution in [2.24, 2.45) is 0 Å². The number of likely N-dealkylation sites (tertiary alicyclic amines) is 1. The van der Waals surface area contributed by atoms with Crippen LogP contribution in [-0.2, 0) is 9.53 Å². The molecule has 1 unspecified atom stereocenters. The van der Waals surface area contributed by atoms with Gasteiger partial charge in [-0.25, -0.2) is 9.18 Å². The van der Waals surface area contributed by atoms with E-state index in [0.717, 1.165) is 37.4 Å². The minimum atomic E-state index is -0.577. The first-order valence-electron chi connectivity index (χ1n) is 10.6. The summed E-state index contributed by atoms with van der Waals surface area (Å²) < 4.78 is 20.2. The van der Waals surface area contributed by atoms with Gasteiger partial charge >= 0.3 is 6.03 Å². The molecular formula is C21H29FN6O3S. The van der Waals surface area contributed by atoms with Gasteiger partial charge in [-0.2, -0.15) is 0 Å². The molecule has 11 heteroatoms. The van der Waals surface area contributed by atoms with E-state index in [9.17, 15) is 14.0 Å². The first kappa shape index (κ1) is 24.1. The van der Waals surface area contributed by atoms with Crippen molar-refractivity contribution in [1.82, 2.24) is 30.3 Å². The Hall–Kier alpha value is -2.50. The van der Waals surface area contributed by atoms with Crippen molar-refractivity contribution in [3.8, 4) is 5.69 Å². The van der Waals surface area contributed by atoms with Crippen LogP contribution in [-0.4, -0.2) is 70.7 Å². The zero-order chi connectivity index (χ0) is 22.9. The zero-order valence-electron chi connectivity index (χ0n) is 18.3. The van der Waals surface area contributed by atoms with Crippen LogP contribution in [0.5, 0.6) is 0 Å². The molecule has 0 radical (unpaired) electrons. The van der Waals surface area contributed by atoms with E-state index < -0.39 is 11.9 Å². The smallest absolute Gasteiger partial charge is 0.321 e. The van der Waals surface area contributed by atoms with Crippen molar-refractivity contribution in [1.29, 1.82) is 0 Å². The number of thioether (sulfide) groups is 1. The fourth-order valence-corrected chi connectivity index (χ4v) is 4.31. The first-order valence-corrected chi connectivity index (χ1v) is 11.6. The summed E-state index contributed by atoms with van der Waals surface area (Å²) >= 11 is 1.17. The van der Waals surface area contributed by atoms with Gasteiger partial charge in [0, 0.05) is 19.3 Å². The summed E-state index contributed by atoms with van der Waals surface area (Å²) in [6, 6.07) is 5.54. The van der Waals surface area contributed by atoms with Crippen molar-refractivity contribution in [2.75, 3.05) is 39.1 Å². The van der Waals surface area contributed by atoms with Gasteiger partial charge in [-0.05, 0) is 57.1 Å². The van der Waals surface area contributed by atoms with Crippen LogP contribution in [0.4, 0.5) is 9.18 Å². The van der Waals surface area contributed by atoms with Gasteiger partial charge in [0.1, 0.15) is 5.82 Å². The summed E-state index contributed by atoms with van der Waals surface area (Å²) in [6.45, 7) is 4.72. The maximum Gasteiger partial charge on any atom is 0.321 e. The highest BCUT2D eigenvalue weighted by Crippen LogP contribution is 2.29. The normalized spacial score (nSPS) is 15.3. The molecule has 1 aromatic carbocycles. The maximum atomic E-state index is 13.5. The summed E-state index contributed by atoms with van der Waals surface area (Å²) in [5.74, 6) is -0.0711. The number of nitrogens with zero attached hydrogens (tertiary/aromatic N) is 4. The molecule has 1 aliphatic heterocycles. The topological polar surface area (TPSA) is 101 Å². The molecule has 1 aromatic heterocycles. The third kappa shape index (κ3) is 6.50. The highest BCUT2D eigenvalue weighted by atomic mass is 32.2. The second-order valence-corrected chi connectivity index (χ2v) is 8.45. The number of aromatic nitrogens is 3. The summed E-state index contributed by atoms with van der Waals surface area (Å²) in [4.78, 5) is 26.3. The molecule has 0 aliphatic carbocycles. The van der Waals surface area contributed by atoms with Crippen LogP contribution in [0, 0.1) is 5.82 Å². The van der Waals surface area contributed by atoms with Crippen LogP contribution in [0.1, 0.15) is 38.1 Å². The van der Waals surface area contributed by atoms with Crippen molar-refractivity contribution < 1.29 is 18.7 Å². The molecule has 2 heterocycles. The number of carbonyl (C=O) groups is 2. The Morgan fingerprint density at radius 2 is 1.91 bits per heavy atom. The average Bonchev–Trinajstić information content (AvgIpc) is 3.22. The Balaban J connectivity index is 1.73. The lowest BCUT2D eigenvalue weighted by Crippen LogP contribution is -2.41. The Kier molecular flexibility index (Phi) is 9.00. The number of imide groups is 1. The second kappa shape index (κ2) is 11.9. The molecule has 3 rings (SSSR count). The third-order valence-corrected chi connectivity index (χ3v) is 6.16. The molecule has 0 spiro atoms. The van der Waals surface area contributed by atoms with E-state index in [2.05, 4.69) is 32.7 Å². The largest absolute Gasteiger partial charge is 0.383 e. The van der Waals surface area contributed by atoms with Crippen LogP contribution in [0.3, 0.4) is 0 Å². The van der Waals surface area contributed by atoms with Gasteiger partial charge < -0.3 is 10.1 Å². The molecule has 174 valence electrons. The van der Waals surface area contributed by atoms with Crippen LogP contribution >= 0.6 is 11.8 Å². The monoisotopic (exact) mass is 464 g/mol. The number of benzene rings is 1. The minimum absolute atomic E-state index is 0.0163. The summed E-state index contributed by atoms with van der Waals surface area (Å²) in [6.07, 6.45) is 3.51. The van der Waals surface area contributed by atoms with Gasteiger partial charge in [0.2, 0.25) is 5.91 Å². The van der Waals surface area contributed by atoms with Crippen molar-refractivity contribution in [3.63, 3.8) is 0 Å². The Morgan fingerprint density at radius 1 is 1.19 bits per heavy atom. The lowest BCUT2D eigenvalue weighted by molar-refractivity contribution is -0.117. The van der Waals surface area contributed by atoms with Crippen molar-refractivity contribution in [2.45, 2.75) is 37.4 Å².